The van der Waals surface area contributed by atoms with Crippen molar-refractivity contribution < 1.29 is 22.6 Å². The highest BCUT2D eigenvalue weighted by Crippen LogP contribution is 2.29. The summed E-state index contributed by atoms with van der Waals surface area (Å²) in [6.07, 6.45) is -3.73. The number of halogens is 3. The van der Waals surface area contributed by atoms with Gasteiger partial charge in [-0.05, 0) is 13.8 Å². The van der Waals surface area contributed by atoms with Crippen LogP contribution in [-0.2, 0) is 10.9 Å². The standard InChI is InChI=1S/C12H16F3N3O2/c1-6-3-8(4-7(2)19-6)20-10-5-9(16)17-11(18-10)12(13,14)15/h5-8H,3-4H2,1-2H3,(H2,16,17,18). The van der Waals surface area contributed by atoms with Crippen LogP contribution >= 0.6 is 0 Å². The summed E-state index contributed by atoms with van der Waals surface area (Å²) in [7, 11) is 0. The number of hydrogen-bond donors (Lipinski definition) is 1. The zero-order valence-corrected chi connectivity index (χ0v) is 11.1. The lowest BCUT2D eigenvalue weighted by Crippen LogP contribution is -2.36. The Morgan fingerprint density at radius 3 is 2.40 bits per heavy atom. The Hall–Kier alpha value is -1.57. The molecule has 112 valence electrons. The maximum absolute atomic E-state index is 12.6. The number of nitrogens with two attached hydrogens (primary N) is 1. The van der Waals surface area contributed by atoms with Crippen molar-refractivity contribution in [1.29, 1.82) is 0 Å². The van der Waals surface area contributed by atoms with Gasteiger partial charge in [0.15, 0.2) is 0 Å². The van der Waals surface area contributed by atoms with Crippen LogP contribution in [0.5, 0.6) is 5.88 Å². The molecule has 1 aromatic rings. The average molecular weight is 291 g/mol. The van der Waals surface area contributed by atoms with E-state index in [1.54, 1.807) is 0 Å². The van der Waals surface area contributed by atoms with Crippen LogP contribution in [0.4, 0.5) is 19.0 Å². The summed E-state index contributed by atoms with van der Waals surface area (Å²) in [4.78, 5) is 6.53. The van der Waals surface area contributed by atoms with Crippen molar-refractivity contribution in [2.45, 2.75) is 51.2 Å². The maximum Gasteiger partial charge on any atom is 0.451 e. The van der Waals surface area contributed by atoms with E-state index >= 15 is 0 Å². The highest BCUT2D eigenvalue weighted by Gasteiger charge is 2.36. The Morgan fingerprint density at radius 2 is 1.85 bits per heavy atom. The molecule has 1 aromatic heterocycles. The van der Waals surface area contributed by atoms with E-state index in [9.17, 15) is 13.2 Å². The first-order chi connectivity index (χ1) is 9.24. The Kier molecular flexibility index (Phi) is 4.03. The van der Waals surface area contributed by atoms with Crippen LogP contribution in [0, 0.1) is 0 Å². The largest absolute Gasteiger partial charge is 0.474 e. The highest BCUT2D eigenvalue weighted by atomic mass is 19.4. The van der Waals surface area contributed by atoms with Gasteiger partial charge in [-0.25, -0.2) is 4.98 Å². The Bertz CT molecular complexity index is 472. The van der Waals surface area contributed by atoms with Gasteiger partial charge >= 0.3 is 6.18 Å². The average Bonchev–Trinajstić information content (AvgIpc) is 2.25. The van der Waals surface area contributed by atoms with Crippen molar-refractivity contribution in [2.24, 2.45) is 0 Å². The number of anilines is 1. The lowest BCUT2D eigenvalue weighted by Gasteiger charge is -2.32. The molecule has 8 heteroatoms. The zero-order valence-electron chi connectivity index (χ0n) is 11.1. The summed E-state index contributed by atoms with van der Waals surface area (Å²) in [5.41, 5.74) is 5.36. The molecule has 0 saturated carbocycles. The molecule has 2 atom stereocenters. The molecular formula is C12H16F3N3O2. The Morgan fingerprint density at radius 1 is 1.25 bits per heavy atom. The number of hydrogen-bond acceptors (Lipinski definition) is 5. The molecule has 0 radical (unpaired) electrons. The zero-order chi connectivity index (χ0) is 14.9. The highest BCUT2D eigenvalue weighted by molar-refractivity contribution is 5.33. The molecule has 0 bridgehead atoms. The van der Waals surface area contributed by atoms with Gasteiger partial charge in [-0.1, -0.05) is 0 Å². The molecule has 1 aliphatic heterocycles. The van der Waals surface area contributed by atoms with Gasteiger partial charge in [-0.3, -0.25) is 0 Å². The lowest BCUT2D eigenvalue weighted by molar-refractivity contribution is -0.145. The van der Waals surface area contributed by atoms with E-state index in [-0.39, 0.29) is 30.0 Å². The van der Waals surface area contributed by atoms with E-state index in [2.05, 4.69) is 9.97 Å². The Labute approximate surface area is 114 Å². The summed E-state index contributed by atoms with van der Waals surface area (Å²) >= 11 is 0. The van der Waals surface area contributed by atoms with Crippen molar-refractivity contribution in [3.63, 3.8) is 0 Å². The van der Waals surface area contributed by atoms with Gasteiger partial charge in [0, 0.05) is 18.9 Å². The molecule has 1 fully saturated rings. The maximum atomic E-state index is 12.6. The van der Waals surface area contributed by atoms with Gasteiger partial charge in [-0.15, -0.1) is 0 Å². The minimum Gasteiger partial charge on any atom is -0.474 e. The number of aromatic nitrogens is 2. The van der Waals surface area contributed by atoms with Crippen LogP contribution in [0.3, 0.4) is 0 Å². The van der Waals surface area contributed by atoms with Crippen LogP contribution in [0.2, 0.25) is 0 Å². The molecule has 0 spiro atoms. The molecule has 2 heterocycles. The predicted octanol–water partition coefficient (Wildman–Crippen LogP) is 2.41. The van der Waals surface area contributed by atoms with Crippen molar-refractivity contribution in [2.75, 3.05) is 5.73 Å². The number of nitrogens with zero attached hydrogens (tertiary/aromatic N) is 2. The van der Waals surface area contributed by atoms with Gasteiger partial charge in [0.2, 0.25) is 11.7 Å². The first-order valence-electron chi connectivity index (χ1n) is 6.28. The fourth-order valence-corrected chi connectivity index (χ4v) is 2.24. The van der Waals surface area contributed by atoms with Crippen LogP contribution < -0.4 is 10.5 Å². The third-order valence-electron chi connectivity index (χ3n) is 2.92. The number of ether oxygens (including phenoxy) is 2. The molecule has 1 saturated heterocycles. The third-order valence-corrected chi connectivity index (χ3v) is 2.92. The Balaban J connectivity index is 2.15. The van der Waals surface area contributed by atoms with Crippen molar-refractivity contribution in [3.05, 3.63) is 11.9 Å². The summed E-state index contributed by atoms with van der Waals surface area (Å²) < 4.78 is 48.8. The molecule has 0 amide bonds. The smallest absolute Gasteiger partial charge is 0.451 e. The lowest BCUT2D eigenvalue weighted by atomic mass is 10.0. The summed E-state index contributed by atoms with van der Waals surface area (Å²) in [5.74, 6) is -1.72. The van der Waals surface area contributed by atoms with Crippen molar-refractivity contribution >= 4 is 5.82 Å². The fraction of sp³-hybridized carbons (Fsp3) is 0.667. The van der Waals surface area contributed by atoms with Gasteiger partial charge in [0.05, 0.1) is 12.2 Å². The minimum atomic E-state index is -4.65. The SMILES string of the molecule is CC1CC(Oc2cc(N)nc(C(F)(F)F)n2)CC(C)O1. The van der Waals surface area contributed by atoms with Gasteiger partial charge in [-0.2, -0.15) is 18.2 Å². The van der Waals surface area contributed by atoms with Gasteiger partial charge < -0.3 is 15.2 Å². The van der Waals surface area contributed by atoms with Crippen LogP contribution in [0.1, 0.15) is 32.5 Å². The normalized spacial score (nSPS) is 27.4. The molecule has 0 aromatic carbocycles. The summed E-state index contributed by atoms with van der Waals surface area (Å²) in [6.45, 7) is 3.78. The number of rotatable bonds is 2. The van der Waals surface area contributed by atoms with E-state index in [1.165, 1.54) is 6.07 Å². The van der Waals surface area contributed by atoms with Gasteiger partial charge in [0.25, 0.3) is 0 Å². The third kappa shape index (κ3) is 3.72. The second-order valence-corrected chi connectivity index (χ2v) is 4.92. The topological polar surface area (TPSA) is 70.3 Å². The van der Waals surface area contributed by atoms with E-state index in [0.29, 0.717) is 12.8 Å². The molecular weight excluding hydrogens is 275 g/mol. The second kappa shape index (κ2) is 5.43. The van der Waals surface area contributed by atoms with E-state index in [1.807, 2.05) is 13.8 Å². The first-order valence-corrected chi connectivity index (χ1v) is 6.28. The molecule has 0 aliphatic carbocycles. The summed E-state index contributed by atoms with van der Waals surface area (Å²) in [6, 6.07) is 1.19. The van der Waals surface area contributed by atoms with Crippen LogP contribution in [0.15, 0.2) is 6.07 Å². The molecule has 2 unspecified atom stereocenters. The molecule has 5 nitrogen and oxygen atoms in total. The molecule has 2 rings (SSSR count). The van der Waals surface area contributed by atoms with Crippen LogP contribution in [-0.4, -0.2) is 28.3 Å². The quantitative estimate of drug-likeness (QED) is 0.906. The second-order valence-electron chi connectivity index (χ2n) is 4.92. The van der Waals surface area contributed by atoms with Gasteiger partial charge in [0.1, 0.15) is 11.9 Å². The van der Waals surface area contributed by atoms with E-state index < -0.39 is 12.0 Å². The number of nitrogen functional groups attached to an aromatic ring is 1. The van der Waals surface area contributed by atoms with Crippen molar-refractivity contribution in [1.82, 2.24) is 9.97 Å². The van der Waals surface area contributed by atoms with E-state index in [4.69, 9.17) is 15.2 Å². The summed E-state index contributed by atoms with van der Waals surface area (Å²) in [5, 5.41) is 0. The fourth-order valence-electron chi connectivity index (χ4n) is 2.24. The monoisotopic (exact) mass is 291 g/mol. The van der Waals surface area contributed by atoms with Crippen LogP contribution in [0.25, 0.3) is 0 Å². The molecule has 2 N–H and O–H groups in total. The van der Waals surface area contributed by atoms with E-state index in [0.717, 1.165) is 0 Å². The number of alkyl halides is 3. The molecule has 1 aliphatic rings. The van der Waals surface area contributed by atoms with Crippen molar-refractivity contribution in [3.8, 4) is 5.88 Å². The first kappa shape index (κ1) is 14.8. The molecule has 20 heavy (non-hydrogen) atoms. The minimum absolute atomic E-state index is 0.00924. The predicted molar refractivity (Wildman–Crippen MR) is 65.1 cm³/mol.